The first-order valence-electron chi connectivity index (χ1n) is 18.4. The lowest BCUT2D eigenvalue weighted by Crippen LogP contribution is -2.23. The largest absolute Gasteiger partial charge is 0.392 e. The first-order valence-corrected chi connectivity index (χ1v) is 18.4. The summed E-state index contributed by atoms with van der Waals surface area (Å²) in [5, 5.41) is 28.6. The summed E-state index contributed by atoms with van der Waals surface area (Å²) in [6.45, 7) is 1.89. The second kappa shape index (κ2) is 13.1. The summed E-state index contributed by atoms with van der Waals surface area (Å²) in [7, 11) is 0. The van der Waals surface area contributed by atoms with Gasteiger partial charge in [0.1, 0.15) is 0 Å². The van der Waals surface area contributed by atoms with Crippen LogP contribution in [-0.4, -0.2) is 16.3 Å². The van der Waals surface area contributed by atoms with Crippen LogP contribution in [0, 0.1) is 0 Å². The van der Waals surface area contributed by atoms with E-state index in [-0.39, 0.29) is 11.8 Å². The number of fused-ring (bicyclic) bond motifs is 5. The maximum absolute atomic E-state index is 12.2. The monoisotopic (exact) mass is 662 g/mol. The van der Waals surface area contributed by atoms with Crippen LogP contribution >= 0.6 is 0 Å². The van der Waals surface area contributed by atoms with E-state index in [1.165, 1.54) is 60.5 Å². The van der Waals surface area contributed by atoms with Crippen LogP contribution in [0.15, 0.2) is 146 Å². The summed E-state index contributed by atoms with van der Waals surface area (Å²) in [5.41, 5.74) is 12.9. The van der Waals surface area contributed by atoms with Crippen molar-refractivity contribution in [2.75, 3.05) is 0 Å². The average molecular weight is 663 g/mol. The third-order valence-corrected chi connectivity index (χ3v) is 11.3. The van der Waals surface area contributed by atoms with Gasteiger partial charge in [-0.15, -0.1) is 0 Å². The normalized spacial score (nSPS) is 20.3. The predicted octanol–water partition coefficient (Wildman–Crippen LogP) is 11.7. The molecule has 4 atom stereocenters. The predicted molar refractivity (Wildman–Crippen MR) is 214 cm³/mol. The molecule has 6 aromatic carbocycles. The van der Waals surface area contributed by atoms with Crippen LogP contribution in [0.25, 0.3) is 49.9 Å². The van der Waals surface area contributed by atoms with E-state index in [9.17, 15) is 10.2 Å². The molecule has 2 heteroatoms. The van der Waals surface area contributed by atoms with Crippen LogP contribution in [0.2, 0.25) is 0 Å². The molecule has 250 valence electrons. The van der Waals surface area contributed by atoms with Crippen LogP contribution in [-0.2, 0) is 6.42 Å². The number of hydrogen-bond acceptors (Lipinski definition) is 2. The minimum atomic E-state index is -0.806. The summed E-state index contributed by atoms with van der Waals surface area (Å²) in [5.74, 6) is -0.285. The van der Waals surface area contributed by atoms with Crippen molar-refractivity contribution >= 4 is 38.8 Å². The van der Waals surface area contributed by atoms with Crippen molar-refractivity contribution in [2.45, 2.75) is 56.7 Å². The van der Waals surface area contributed by atoms with Gasteiger partial charge in [0.25, 0.3) is 0 Å². The van der Waals surface area contributed by atoms with Gasteiger partial charge in [-0.1, -0.05) is 146 Å². The molecule has 3 aliphatic rings. The number of benzene rings is 6. The van der Waals surface area contributed by atoms with Gasteiger partial charge in [0.05, 0.1) is 12.2 Å². The molecule has 0 aromatic heterocycles. The van der Waals surface area contributed by atoms with Crippen molar-refractivity contribution in [1.29, 1.82) is 0 Å². The van der Waals surface area contributed by atoms with Gasteiger partial charge in [0.15, 0.2) is 0 Å². The molecule has 0 radical (unpaired) electrons. The molecule has 0 bridgehead atoms. The van der Waals surface area contributed by atoms with Crippen molar-refractivity contribution in [3.63, 3.8) is 0 Å². The lowest BCUT2D eigenvalue weighted by Gasteiger charge is -2.36. The average Bonchev–Trinajstić information content (AvgIpc) is 3.43. The van der Waals surface area contributed by atoms with E-state index in [0.717, 1.165) is 47.9 Å². The van der Waals surface area contributed by atoms with Crippen LogP contribution in [0.5, 0.6) is 0 Å². The standard InChI is InChI=1S/C49H42O2/c1-31(50)39-27-28-44(51)49-47(41-25-24-37(32-13-5-2-6-14-32)30-43(41)34-16-7-3-8-17-34)42-26-23-35-18-9-4-10-20-40(35)46(42)45(48(39)49)38-22-21-33-15-11-12-19-36(33)29-38/h2-3,5-8,10-17,19-24,26-31,39,41,44,50-51H,4,9,18,25H2,1H3. The van der Waals surface area contributed by atoms with Gasteiger partial charge in [0.2, 0.25) is 0 Å². The number of hydrogen-bond donors (Lipinski definition) is 2. The highest BCUT2D eigenvalue weighted by Crippen LogP contribution is 2.54. The SMILES string of the molecule is CC(O)C1C=CC(O)c2c1c(-c1ccc3ccccc3c1)c1c3c(ccc1c2C1CC=C(c2ccccc2)C=C1c1ccccc1)CCCC=C3. The second-order valence-corrected chi connectivity index (χ2v) is 14.4. The maximum atomic E-state index is 12.2. The van der Waals surface area contributed by atoms with E-state index >= 15 is 0 Å². The lowest BCUT2D eigenvalue weighted by molar-refractivity contribution is 0.170. The Hall–Kier alpha value is -5.28. The molecule has 3 aliphatic carbocycles. The quantitative estimate of drug-likeness (QED) is 0.180. The summed E-state index contributed by atoms with van der Waals surface area (Å²) >= 11 is 0. The molecule has 2 N–H and O–H groups in total. The molecular formula is C49H42O2. The van der Waals surface area contributed by atoms with E-state index in [1.807, 2.05) is 19.1 Å². The third-order valence-electron chi connectivity index (χ3n) is 11.3. The molecular weight excluding hydrogens is 621 g/mol. The molecule has 0 spiro atoms. The van der Waals surface area contributed by atoms with E-state index in [1.54, 1.807) is 0 Å². The summed E-state index contributed by atoms with van der Waals surface area (Å²) in [4.78, 5) is 0. The molecule has 0 saturated heterocycles. The fourth-order valence-corrected chi connectivity index (χ4v) is 8.96. The summed E-state index contributed by atoms with van der Waals surface area (Å²) in [6.07, 6.45) is 15.9. The van der Waals surface area contributed by atoms with Crippen molar-refractivity contribution in [3.8, 4) is 11.1 Å². The molecule has 51 heavy (non-hydrogen) atoms. The smallest absolute Gasteiger partial charge is 0.0978 e. The molecule has 0 fully saturated rings. The molecule has 0 amide bonds. The fourth-order valence-electron chi connectivity index (χ4n) is 8.96. The number of aryl methyl sites for hydroxylation is 1. The zero-order chi connectivity index (χ0) is 34.5. The van der Waals surface area contributed by atoms with Crippen molar-refractivity contribution < 1.29 is 10.2 Å². The Labute approximate surface area is 300 Å². The lowest BCUT2D eigenvalue weighted by atomic mass is 9.68. The van der Waals surface area contributed by atoms with Crippen LogP contribution < -0.4 is 0 Å². The van der Waals surface area contributed by atoms with E-state index in [4.69, 9.17) is 0 Å². The Morgan fingerprint density at radius 2 is 1.45 bits per heavy atom. The van der Waals surface area contributed by atoms with Gasteiger partial charge in [-0.25, -0.2) is 0 Å². The fraction of sp³-hybridized carbons (Fsp3) is 0.184. The van der Waals surface area contributed by atoms with Crippen molar-refractivity contribution in [2.24, 2.45) is 0 Å². The second-order valence-electron chi connectivity index (χ2n) is 14.4. The minimum Gasteiger partial charge on any atom is -0.392 e. The number of aliphatic hydroxyl groups is 2. The Kier molecular flexibility index (Phi) is 8.15. The molecule has 4 unspecified atom stereocenters. The highest BCUT2D eigenvalue weighted by molar-refractivity contribution is 6.09. The zero-order valence-corrected chi connectivity index (χ0v) is 29.0. The topological polar surface area (TPSA) is 40.5 Å². The van der Waals surface area contributed by atoms with Gasteiger partial charge >= 0.3 is 0 Å². The van der Waals surface area contributed by atoms with E-state index in [2.05, 4.69) is 140 Å². The Balaban J connectivity index is 1.41. The summed E-state index contributed by atoms with van der Waals surface area (Å²) < 4.78 is 0. The van der Waals surface area contributed by atoms with Gasteiger partial charge in [-0.3, -0.25) is 0 Å². The third kappa shape index (κ3) is 5.51. The first kappa shape index (κ1) is 31.7. The van der Waals surface area contributed by atoms with Crippen LogP contribution in [0.3, 0.4) is 0 Å². The van der Waals surface area contributed by atoms with Crippen LogP contribution in [0.4, 0.5) is 0 Å². The van der Waals surface area contributed by atoms with Gasteiger partial charge in [0, 0.05) is 11.8 Å². The Morgan fingerprint density at radius 1 is 0.706 bits per heavy atom. The first-order chi connectivity index (χ1) is 25.1. The van der Waals surface area contributed by atoms with Crippen molar-refractivity contribution in [1.82, 2.24) is 0 Å². The minimum absolute atomic E-state index is 0.00891. The van der Waals surface area contributed by atoms with E-state index in [0.29, 0.717) is 0 Å². The van der Waals surface area contributed by atoms with Crippen molar-refractivity contribution in [3.05, 3.63) is 185 Å². The molecule has 0 saturated carbocycles. The van der Waals surface area contributed by atoms with Gasteiger partial charge < -0.3 is 10.2 Å². The number of allylic oxidation sites excluding steroid dienone is 5. The maximum Gasteiger partial charge on any atom is 0.0978 e. The summed E-state index contributed by atoms with van der Waals surface area (Å²) in [6, 6.07) is 41.4. The van der Waals surface area contributed by atoms with Gasteiger partial charge in [-0.2, -0.15) is 0 Å². The van der Waals surface area contributed by atoms with E-state index < -0.39 is 12.2 Å². The van der Waals surface area contributed by atoms with Gasteiger partial charge in [-0.05, 0) is 121 Å². The zero-order valence-electron chi connectivity index (χ0n) is 29.0. The molecule has 0 heterocycles. The molecule has 6 aromatic rings. The Bertz CT molecular complexity index is 2410. The molecule has 2 nitrogen and oxygen atoms in total. The van der Waals surface area contributed by atoms with Crippen LogP contribution in [0.1, 0.15) is 83.1 Å². The number of aliphatic hydroxyl groups excluding tert-OH is 2. The highest BCUT2D eigenvalue weighted by Gasteiger charge is 2.37. The Morgan fingerprint density at radius 3 is 2.24 bits per heavy atom. The number of rotatable bonds is 5. The molecule has 0 aliphatic heterocycles. The molecule has 9 rings (SSSR count). The highest BCUT2D eigenvalue weighted by atomic mass is 16.3.